The lowest BCUT2D eigenvalue weighted by atomic mass is 9.68. The Morgan fingerprint density at radius 2 is 2.02 bits per heavy atom. The van der Waals surface area contributed by atoms with Crippen LogP contribution in [0.2, 0.25) is 5.02 Å². The molecule has 11 heteroatoms. The first-order valence-corrected chi connectivity index (χ1v) is 16.8. The minimum Gasteiger partial charge on any atom is -0.490 e. The minimum atomic E-state index is -4.41. The fourth-order valence-corrected chi connectivity index (χ4v) is 8.74. The molecule has 1 spiro atoms. The molecule has 2 heterocycles. The number of aryl methyl sites for hydroxylation is 1. The van der Waals surface area contributed by atoms with Crippen LogP contribution in [-0.4, -0.2) is 63.6 Å². The van der Waals surface area contributed by atoms with Crippen molar-refractivity contribution in [2.24, 2.45) is 11.8 Å². The second-order valence-corrected chi connectivity index (χ2v) is 14.6. The summed E-state index contributed by atoms with van der Waals surface area (Å²) in [7, 11) is -3.30. The van der Waals surface area contributed by atoms with Gasteiger partial charge in [-0.15, -0.1) is 0 Å². The molecule has 5 atom stereocenters. The Hall–Kier alpha value is -3.08. The summed E-state index contributed by atoms with van der Waals surface area (Å²) >= 11 is 6.37. The lowest BCUT2D eigenvalue weighted by molar-refractivity contribution is -0.140. The summed E-state index contributed by atoms with van der Waals surface area (Å²) < 4.78 is 39.8. The van der Waals surface area contributed by atoms with Crippen molar-refractivity contribution in [3.63, 3.8) is 0 Å². The standard InChI is InChI=1S/C32H37ClN2O7S/c1-41-31(38)29-7-3-2-6-27(36)24-11-8-22(24)17-35-18-32(14-4-5-20-15-23(33)10-12-25(20)32)19-42-28-13-9-21(16-26(28)35)30(37)34-43(29,39)40/h2,6,9-10,12-13,15-16,22,24,27,29,36H,3-5,7-8,11,14,17-19H2,1H3,(H,34,37)/b6-2-/t22-,24+,27-,29-,32-/m0/s1. The number of nitrogens with one attached hydrogen (secondary N) is 1. The van der Waals surface area contributed by atoms with E-state index in [0.29, 0.717) is 36.2 Å². The Morgan fingerprint density at radius 1 is 1.19 bits per heavy atom. The molecule has 0 saturated heterocycles. The number of allylic oxidation sites excluding steroid dienone is 1. The second kappa shape index (κ2) is 11.8. The number of aliphatic hydroxyl groups is 1. The number of carbonyl (C=O) groups excluding carboxylic acids is 2. The van der Waals surface area contributed by atoms with Gasteiger partial charge in [0, 0.05) is 29.1 Å². The maximum atomic E-state index is 13.4. The molecule has 2 aromatic rings. The molecule has 1 amide bonds. The van der Waals surface area contributed by atoms with E-state index in [-0.39, 0.29) is 35.7 Å². The van der Waals surface area contributed by atoms with Gasteiger partial charge in [-0.3, -0.25) is 9.59 Å². The number of benzene rings is 2. The molecule has 9 nitrogen and oxygen atoms in total. The number of nitrogens with zero attached hydrogens (tertiary/aromatic N) is 1. The number of hydrogen-bond donors (Lipinski definition) is 2. The van der Waals surface area contributed by atoms with Crippen LogP contribution in [0.25, 0.3) is 0 Å². The molecule has 2 aliphatic carbocycles. The summed E-state index contributed by atoms with van der Waals surface area (Å²) in [6.07, 6.45) is 7.53. The summed E-state index contributed by atoms with van der Waals surface area (Å²) in [5.41, 5.74) is 2.97. The van der Waals surface area contributed by atoms with E-state index in [2.05, 4.69) is 15.7 Å². The summed E-state index contributed by atoms with van der Waals surface area (Å²) in [4.78, 5) is 28.1. The number of sulfonamides is 1. The van der Waals surface area contributed by atoms with Crippen LogP contribution in [0, 0.1) is 11.8 Å². The molecular weight excluding hydrogens is 592 g/mol. The Bertz CT molecular complexity index is 1560. The molecule has 4 aliphatic rings. The van der Waals surface area contributed by atoms with Gasteiger partial charge in [-0.05, 0) is 98.2 Å². The number of fused-ring (bicyclic) bond motifs is 4. The fourth-order valence-electron chi connectivity index (χ4n) is 7.23. The Balaban J connectivity index is 1.42. The van der Waals surface area contributed by atoms with Crippen LogP contribution in [0.1, 0.15) is 60.0 Å². The van der Waals surface area contributed by atoms with Crippen molar-refractivity contribution in [3.05, 3.63) is 70.3 Å². The molecule has 2 N–H and O–H groups in total. The zero-order valence-corrected chi connectivity index (χ0v) is 25.7. The quantitative estimate of drug-likeness (QED) is 0.357. The second-order valence-electron chi connectivity index (χ2n) is 12.3. The van der Waals surface area contributed by atoms with E-state index in [0.717, 1.165) is 39.2 Å². The number of halogens is 1. The van der Waals surface area contributed by atoms with Crippen molar-refractivity contribution >= 4 is 39.2 Å². The summed E-state index contributed by atoms with van der Waals surface area (Å²) in [6.45, 7) is 1.74. The molecule has 2 bridgehead atoms. The highest BCUT2D eigenvalue weighted by Crippen LogP contribution is 2.46. The predicted molar refractivity (Wildman–Crippen MR) is 163 cm³/mol. The largest absolute Gasteiger partial charge is 0.490 e. The van der Waals surface area contributed by atoms with Gasteiger partial charge in [0.25, 0.3) is 5.91 Å². The zero-order chi connectivity index (χ0) is 30.4. The first-order valence-electron chi connectivity index (χ1n) is 14.9. The highest BCUT2D eigenvalue weighted by molar-refractivity contribution is 7.91. The van der Waals surface area contributed by atoms with Gasteiger partial charge in [0.2, 0.25) is 10.0 Å². The normalized spacial score (nSPS) is 30.9. The molecule has 0 radical (unpaired) electrons. The van der Waals surface area contributed by atoms with E-state index < -0.39 is 33.3 Å². The van der Waals surface area contributed by atoms with Crippen molar-refractivity contribution in [2.45, 2.75) is 61.7 Å². The van der Waals surface area contributed by atoms with E-state index >= 15 is 0 Å². The number of esters is 1. The third kappa shape index (κ3) is 5.77. The highest BCUT2D eigenvalue weighted by Gasteiger charge is 2.44. The molecule has 43 heavy (non-hydrogen) atoms. The molecule has 2 aliphatic heterocycles. The van der Waals surface area contributed by atoms with Crippen molar-refractivity contribution in [1.82, 2.24) is 4.72 Å². The molecule has 2 aromatic carbocycles. The number of hydrogen-bond acceptors (Lipinski definition) is 8. The lowest BCUT2D eigenvalue weighted by Crippen LogP contribution is -2.49. The average Bonchev–Trinajstić information content (AvgIpc) is 3.11. The Kier molecular flexibility index (Phi) is 8.21. The van der Waals surface area contributed by atoms with E-state index in [1.807, 2.05) is 12.1 Å². The van der Waals surface area contributed by atoms with E-state index in [1.54, 1.807) is 30.4 Å². The molecule has 0 unspecified atom stereocenters. The number of anilines is 1. The van der Waals surface area contributed by atoms with Crippen LogP contribution in [0.4, 0.5) is 5.69 Å². The number of aliphatic hydroxyl groups excluding tert-OH is 1. The highest BCUT2D eigenvalue weighted by atomic mass is 35.5. The number of amides is 1. The molecule has 0 aromatic heterocycles. The van der Waals surface area contributed by atoms with Gasteiger partial charge in [-0.25, -0.2) is 13.1 Å². The zero-order valence-electron chi connectivity index (χ0n) is 24.1. The summed E-state index contributed by atoms with van der Waals surface area (Å²) in [5, 5.41) is 10.2. The first-order chi connectivity index (χ1) is 20.6. The summed E-state index contributed by atoms with van der Waals surface area (Å²) in [5.74, 6) is -0.910. The van der Waals surface area contributed by atoms with Gasteiger partial charge in [0.15, 0.2) is 5.25 Å². The van der Waals surface area contributed by atoms with Gasteiger partial charge in [-0.1, -0.05) is 29.8 Å². The lowest BCUT2D eigenvalue weighted by Gasteiger charge is -2.45. The first kappa shape index (κ1) is 30.0. The third-order valence-corrected chi connectivity index (χ3v) is 11.6. The number of methoxy groups -OCH3 is 1. The maximum absolute atomic E-state index is 13.4. The van der Waals surface area contributed by atoms with E-state index in [9.17, 15) is 23.1 Å². The van der Waals surface area contributed by atoms with Gasteiger partial charge in [0.1, 0.15) is 5.75 Å². The van der Waals surface area contributed by atoms with Crippen molar-refractivity contribution in [2.75, 3.05) is 31.7 Å². The minimum absolute atomic E-state index is 0.0387. The molecule has 6 rings (SSSR count). The topological polar surface area (TPSA) is 122 Å². The molecule has 1 fully saturated rings. The maximum Gasteiger partial charge on any atom is 0.326 e. The van der Waals surface area contributed by atoms with Crippen LogP contribution >= 0.6 is 11.6 Å². The van der Waals surface area contributed by atoms with Gasteiger partial charge in [-0.2, -0.15) is 0 Å². The number of ether oxygens (including phenoxy) is 2. The van der Waals surface area contributed by atoms with Gasteiger partial charge in [0.05, 0.1) is 25.5 Å². The van der Waals surface area contributed by atoms with Crippen LogP contribution in [0.15, 0.2) is 48.6 Å². The van der Waals surface area contributed by atoms with Crippen molar-refractivity contribution < 1.29 is 32.6 Å². The Labute approximate surface area is 257 Å². The van der Waals surface area contributed by atoms with E-state index in [1.165, 1.54) is 11.1 Å². The molecular formula is C32H37ClN2O7S. The van der Waals surface area contributed by atoms with Gasteiger partial charge >= 0.3 is 5.97 Å². The number of rotatable bonds is 1. The van der Waals surface area contributed by atoms with Crippen LogP contribution in [0.3, 0.4) is 0 Å². The monoisotopic (exact) mass is 628 g/mol. The number of carbonyl (C=O) groups is 2. The van der Waals surface area contributed by atoms with Crippen molar-refractivity contribution in [1.29, 1.82) is 0 Å². The van der Waals surface area contributed by atoms with Gasteiger partial charge < -0.3 is 19.5 Å². The van der Waals surface area contributed by atoms with Crippen LogP contribution in [0.5, 0.6) is 5.75 Å². The summed E-state index contributed by atoms with van der Waals surface area (Å²) in [6, 6.07) is 11.0. The predicted octanol–water partition coefficient (Wildman–Crippen LogP) is 4.15. The molecule has 1 saturated carbocycles. The Morgan fingerprint density at radius 3 is 2.79 bits per heavy atom. The fraction of sp³-hybridized carbons (Fsp3) is 0.500. The van der Waals surface area contributed by atoms with E-state index in [4.69, 9.17) is 21.1 Å². The van der Waals surface area contributed by atoms with Crippen LogP contribution < -0.4 is 14.4 Å². The van der Waals surface area contributed by atoms with Crippen LogP contribution in [-0.2, 0) is 31.4 Å². The molecule has 230 valence electrons. The smallest absolute Gasteiger partial charge is 0.326 e. The SMILES string of the molecule is COC(=O)[C@@H]1CC/C=C\[C@H](O)[C@@H]2CC[C@H]2CN2C[C@@]3(CCCc4cc(Cl)ccc43)COc3ccc(cc32)C(=O)NS1(=O)=O. The average molecular weight is 629 g/mol. The third-order valence-electron chi connectivity index (χ3n) is 9.67. The van der Waals surface area contributed by atoms with Crippen molar-refractivity contribution in [3.8, 4) is 5.75 Å².